The summed E-state index contributed by atoms with van der Waals surface area (Å²) < 4.78 is 73.5. The zero-order valence-electron chi connectivity index (χ0n) is 16.1. The van der Waals surface area contributed by atoms with Crippen LogP contribution < -0.4 is 5.32 Å². The first-order chi connectivity index (χ1) is 14.7. The fraction of sp³-hybridized carbons (Fsp3) is 0.0909. The minimum absolute atomic E-state index is 0.0431. The third-order valence-electron chi connectivity index (χ3n) is 4.62. The lowest BCUT2D eigenvalue weighted by atomic mass is 10.1. The van der Waals surface area contributed by atoms with Gasteiger partial charge in [0.25, 0.3) is 5.91 Å². The van der Waals surface area contributed by atoms with Crippen LogP contribution in [0.15, 0.2) is 40.8 Å². The SMILES string of the molecule is Cc1cc(C)c2oc(-c3cccc(NC(=O)c4c(F)c(F)c(F)c(F)c4F)c3)nc2c1. The van der Waals surface area contributed by atoms with E-state index in [2.05, 4.69) is 10.3 Å². The maximum Gasteiger partial charge on any atom is 0.261 e. The zero-order chi connectivity index (χ0) is 22.4. The molecule has 0 saturated heterocycles. The highest BCUT2D eigenvalue weighted by Crippen LogP contribution is 2.29. The Labute approximate surface area is 172 Å². The number of carbonyl (C=O) groups excluding carboxylic acids is 1. The second-order valence-electron chi connectivity index (χ2n) is 6.93. The maximum absolute atomic E-state index is 13.9. The van der Waals surface area contributed by atoms with Gasteiger partial charge in [0.2, 0.25) is 11.7 Å². The molecule has 0 aliphatic rings. The van der Waals surface area contributed by atoms with Crippen molar-refractivity contribution >= 4 is 22.7 Å². The lowest BCUT2D eigenvalue weighted by molar-refractivity contribution is 0.101. The summed E-state index contributed by atoms with van der Waals surface area (Å²) >= 11 is 0. The summed E-state index contributed by atoms with van der Waals surface area (Å²) in [6, 6.07) is 9.68. The summed E-state index contributed by atoms with van der Waals surface area (Å²) in [5.74, 6) is -12.4. The lowest BCUT2D eigenvalue weighted by Crippen LogP contribution is -2.19. The maximum atomic E-state index is 13.9. The van der Waals surface area contributed by atoms with Gasteiger partial charge in [0.05, 0.1) is 0 Å². The number of hydrogen-bond acceptors (Lipinski definition) is 3. The number of rotatable bonds is 3. The number of nitrogens with zero attached hydrogens (tertiary/aromatic N) is 1. The van der Waals surface area contributed by atoms with E-state index in [0.717, 1.165) is 11.1 Å². The molecule has 4 rings (SSSR count). The number of hydrogen-bond donors (Lipinski definition) is 1. The third kappa shape index (κ3) is 3.52. The molecule has 0 aliphatic heterocycles. The normalized spacial score (nSPS) is 11.2. The predicted octanol–water partition coefficient (Wildman–Crippen LogP) is 6.06. The molecule has 0 radical (unpaired) electrons. The summed E-state index contributed by atoms with van der Waals surface area (Å²) in [4.78, 5) is 16.7. The van der Waals surface area contributed by atoms with E-state index in [1.807, 2.05) is 26.0 Å². The summed E-state index contributed by atoms with van der Waals surface area (Å²) in [6.07, 6.45) is 0. The van der Waals surface area contributed by atoms with Gasteiger partial charge in [0.15, 0.2) is 28.9 Å². The van der Waals surface area contributed by atoms with Crippen molar-refractivity contribution in [1.29, 1.82) is 0 Å². The highest BCUT2D eigenvalue weighted by Gasteiger charge is 2.29. The fourth-order valence-electron chi connectivity index (χ4n) is 3.23. The molecule has 4 nitrogen and oxygen atoms in total. The molecule has 3 aromatic carbocycles. The van der Waals surface area contributed by atoms with Gasteiger partial charge >= 0.3 is 0 Å². The Morgan fingerprint density at radius 1 is 0.903 bits per heavy atom. The topological polar surface area (TPSA) is 55.1 Å². The number of benzene rings is 3. The number of halogens is 5. The molecular weight excluding hydrogens is 419 g/mol. The van der Waals surface area contributed by atoms with Crippen molar-refractivity contribution in [3.05, 3.63) is 82.2 Å². The van der Waals surface area contributed by atoms with Crippen LogP contribution in [-0.4, -0.2) is 10.9 Å². The van der Waals surface area contributed by atoms with Crippen molar-refractivity contribution in [3.8, 4) is 11.5 Å². The molecule has 1 amide bonds. The summed E-state index contributed by atoms with van der Waals surface area (Å²) in [6.45, 7) is 3.78. The average Bonchev–Trinajstić information content (AvgIpc) is 3.15. The molecular formula is C22H13F5N2O2. The van der Waals surface area contributed by atoms with Gasteiger partial charge in [-0.25, -0.2) is 26.9 Å². The Balaban J connectivity index is 1.69. The molecule has 1 aromatic heterocycles. The van der Waals surface area contributed by atoms with Crippen LogP contribution in [0.5, 0.6) is 0 Å². The molecule has 0 saturated carbocycles. The van der Waals surface area contributed by atoms with E-state index < -0.39 is 40.6 Å². The van der Waals surface area contributed by atoms with Gasteiger partial charge in [0, 0.05) is 11.3 Å². The molecule has 0 fully saturated rings. The standard InChI is InChI=1S/C22H13F5N2O2/c1-9-6-10(2)20-13(7-9)29-22(31-20)11-4-3-5-12(8-11)28-21(30)14-15(23)17(25)19(27)18(26)16(14)24/h3-8H,1-2H3,(H,28,30). The van der Waals surface area contributed by atoms with Crippen LogP contribution in [0.4, 0.5) is 27.6 Å². The van der Waals surface area contributed by atoms with Gasteiger partial charge in [-0.3, -0.25) is 4.79 Å². The Morgan fingerprint density at radius 3 is 2.23 bits per heavy atom. The fourth-order valence-corrected chi connectivity index (χ4v) is 3.23. The zero-order valence-corrected chi connectivity index (χ0v) is 16.1. The number of carbonyl (C=O) groups is 1. The van der Waals surface area contributed by atoms with E-state index in [0.29, 0.717) is 16.7 Å². The number of fused-ring (bicyclic) bond motifs is 1. The molecule has 0 unspecified atom stereocenters. The lowest BCUT2D eigenvalue weighted by Gasteiger charge is -2.09. The number of nitrogens with one attached hydrogen (secondary N) is 1. The highest BCUT2D eigenvalue weighted by molar-refractivity contribution is 6.05. The largest absolute Gasteiger partial charge is 0.436 e. The van der Waals surface area contributed by atoms with E-state index in [1.165, 1.54) is 18.2 Å². The van der Waals surface area contributed by atoms with Gasteiger partial charge in [-0.15, -0.1) is 0 Å². The Morgan fingerprint density at radius 2 is 1.55 bits per heavy atom. The molecule has 1 N–H and O–H groups in total. The monoisotopic (exact) mass is 432 g/mol. The van der Waals surface area contributed by atoms with E-state index in [-0.39, 0.29) is 11.6 Å². The number of aryl methyl sites for hydroxylation is 2. The number of anilines is 1. The molecule has 0 bridgehead atoms. The highest BCUT2D eigenvalue weighted by atomic mass is 19.2. The van der Waals surface area contributed by atoms with Crippen LogP contribution in [0.25, 0.3) is 22.6 Å². The molecule has 31 heavy (non-hydrogen) atoms. The molecule has 4 aromatic rings. The number of aromatic nitrogens is 1. The molecule has 0 aliphatic carbocycles. The van der Waals surface area contributed by atoms with Crippen LogP contribution in [0.1, 0.15) is 21.5 Å². The summed E-state index contributed by atoms with van der Waals surface area (Å²) in [5, 5.41) is 2.13. The third-order valence-corrected chi connectivity index (χ3v) is 4.62. The van der Waals surface area contributed by atoms with Gasteiger partial charge in [-0.2, -0.15) is 0 Å². The Hall–Kier alpha value is -3.75. The minimum Gasteiger partial charge on any atom is -0.436 e. The van der Waals surface area contributed by atoms with Crippen LogP contribution >= 0.6 is 0 Å². The van der Waals surface area contributed by atoms with E-state index in [4.69, 9.17) is 4.42 Å². The first-order valence-corrected chi connectivity index (χ1v) is 8.98. The predicted molar refractivity (Wildman–Crippen MR) is 103 cm³/mol. The molecule has 0 spiro atoms. The summed E-state index contributed by atoms with van der Waals surface area (Å²) in [7, 11) is 0. The molecule has 9 heteroatoms. The molecule has 0 atom stereocenters. The number of amides is 1. The minimum atomic E-state index is -2.34. The Bertz CT molecular complexity index is 1340. The second-order valence-corrected chi connectivity index (χ2v) is 6.93. The van der Waals surface area contributed by atoms with E-state index in [9.17, 15) is 26.7 Å². The van der Waals surface area contributed by atoms with Crippen LogP contribution in [0, 0.1) is 42.9 Å². The first kappa shape index (κ1) is 20.5. The van der Waals surface area contributed by atoms with E-state index >= 15 is 0 Å². The Kier molecular flexibility index (Phi) is 4.96. The second kappa shape index (κ2) is 7.50. The van der Waals surface area contributed by atoms with Gasteiger partial charge in [0.1, 0.15) is 11.1 Å². The number of oxazole rings is 1. The average molecular weight is 432 g/mol. The van der Waals surface area contributed by atoms with E-state index in [1.54, 1.807) is 6.07 Å². The molecule has 1 heterocycles. The van der Waals surface area contributed by atoms with Gasteiger partial charge in [-0.1, -0.05) is 12.1 Å². The van der Waals surface area contributed by atoms with Crippen molar-refractivity contribution < 1.29 is 31.2 Å². The van der Waals surface area contributed by atoms with Crippen LogP contribution in [0.3, 0.4) is 0 Å². The van der Waals surface area contributed by atoms with Crippen LogP contribution in [-0.2, 0) is 0 Å². The van der Waals surface area contributed by atoms with Crippen molar-refractivity contribution in [2.24, 2.45) is 0 Å². The quantitative estimate of drug-likeness (QED) is 0.243. The summed E-state index contributed by atoms with van der Waals surface area (Å²) in [5.41, 5.74) is 1.98. The van der Waals surface area contributed by atoms with Crippen molar-refractivity contribution in [2.75, 3.05) is 5.32 Å². The first-order valence-electron chi connectivity index (χ1n) is 8.98. The van der Waals surface area contributed by atoms with Crippen molar-refractivity contribution in [2.45, 2.75) is 13.8 Å². The van der Waals surface area contributed by atoms with Crippen molar-refractivity contribution in [3.63, 3.8) is 0 Å². The smallest absolute Gasteiger partial charge is 0.261 e. The van der Waals surface area contributed by atoms with Gasteiger partial charge in [-0.05, 0) is 49.2 Å². The van der Waals surface area contributed by atoms with Crippen molar-refractivity contribution in [1.82, 2.24) is 4.98 Å². The van der Waals surface area contributed by atoms with Gasteiger partial charge < -0.3 is 9.73 Å². The molecule has 158 valence electrons. The van der Waals surface area contributed by atoms with Crippen LogP contribution in [0.2, 0.25) is 0 Å².